The Hall–Kier alpha value is -3.28. The van der Waals surface area contributed by atoms with Crippen LogP contribution in [0, 0.1) is 5.82 Å². The smallest absolute Gasteiger partial charge is 0.271 e. The predicted molar refractivity (Wildman–Crippen MR) is 104 cm³/mol. The molecule has 6 heteroatoms. The molecular formula is C21H21FN4O. The molecule has 0 fully saturated rings. The summed E-state index contributed by atoms with van der Waals surface area (Å²) >= 11 is 0. The minimum Gasteiger partial charge on any atom is -0.350 e. The molecule has 0 unspecified atom stereocenters. The second-order valence-corrected chi connectivity index (χ2v) is 6.05. The van der Waals surface area contributed by atoms with Crippen molar-refractivity contribution in [3.8, 4) is 0 Å². The molecule has 3 rings (SSSR count). The zero-order valence-electron chi connectivity index (χ0n) is 15.1. The number of para-hydroxylation sites is 1. The number of nitrogens with one attached hydrogen (secondary N) is 2. The summed E-state index contributed by atoms with van der Waals surface area (Å²) in [7, 11) is 0. The highest BCUT2D eigenvalue weighted by molar-refractivity contribution is 5.92. The van der Waals surface area contributed by atoms with Gasteiger partial charge in [-0.1, -0.05) is 37.3 Å². The molecule has 0 spiro atoms. The number of aromatic nitrogens is 2. The summed E-state index contributed by atoms with van der Waals surface area (Å²) in [5.74, 6) is 0.0252. The topological polar surface area (TPSA) is 66.9 Å². The van der Waals surface area contributed by atoms with Gasteiger partial charge in [-0.25, -0.2) is 14.4 Å². The summed E-state index contributed by atoms with van der Waals surface area (Å²) in [6.45, 7) is 2.53. The highest BCUT2D eigenvalue weighted by atomic mass is 19.1. The summed E-state index contributed by atoms with van der Waals surface area (Å²) in [5.41, 5.74) is 3.37. The third-order valence-electron chi connectivity index (χ3n) is 4.16. The maximum absolute atomic E-state index is 12.9. The van der Waals surface area contributed by atoms with E-state index < -0.39 is 0 Å². The summed E-state index contributed by atoms with van der Waals surface area (Å²) in [6.07, 6.45) is 4.52. The van der Waals surface area contributed by atoms with E-state index in [4.69, 9.17) is 0 Å². The first kappa shape index (κ1) is 18.5. The highest BCUT2D eigenvalue weighted by Crippen LogP contribution is 2.19. The van der Waals surface area contributed by atoms with Gasteiger partial charge in [0.1, 0.15) is 17.3 Å². The van der Waals surface area contributed by atoms with Gasteiger partial charge in [0.2, 0.25) is 0 Å². The van der Waals surface area contributed by atoms with Gasteiger partial charge in [-0.3, -0.25) is 4.79 Å². The molecule has 0 radical (unpaired) electrons. The number of hydrogen-bond donors (Lipinski definition) is 2. The molecule has 3 aromatic rings. The number of halogens is 1. The molecule has 0 aliphatic heterocycles. The van der Waals surface area contributed by atoms with Crippen LogP contribution in [0.5, 0.6) is 0 Å². The minimum atomic E-state index is -0.287. The van der Waals surface area contributed by atoms with Gasteiger partial charge in [-0.2, -0.15) is 0 Å². The van der Waals surface area contributed by atoms with Crippen LogP contribution in [0.15, 0.2) is 60.9 Å². The normalized spacial score (nSPS) is 10.4. The van der Waals surface area contributed by atoms with E-state index in [1.807, 2.05) is 18.2 Å². The first-order valence-corrected chi connectivity index (χ1v) is 8.85. The van der Waals surface area contributed by atoms with Crippen molar-refractivity contribution in [3.05, 3.63) is 83.6 Å². The molecule has 27 heavy (non-hydrogen) atoms. The molecule has 0 saturated heterocycles. The van der Waals surface area contributed by atoms with E-state index in [-0.39, 0.29) is 17.4 Å². The predicted octanol–water partition coefficient (Wildman–Crippen LogP) is 3.89. The lowest BCUT2D eigenvalue weighted by molar-refractivity contribution is 0.0949. The van der Waals surface area contributed by atoms with Crippen molar-refractivity contribution in [3.63, 3.8) is 0 Å². The lowest BCUT2D eigenvalue weighted by atomic mass is 10.1. The standard InChI is InChI=1S/C21H21FN4O/c1-2-16-5-3-4-6-18(16)26-20-14-24-19(13-25-20)21(27)23-12-11-15-7-9-17(22)10-8-15/h3-10,13-14H,2,11-12H2,1H3,(H,23,27)(H,25,26). The quantitative estimate of drug-likeness (QED) is 0.667. The Balaban J connectivity index is 1.54. The number of benzene rings is 2. The van der Waals surface area contributed by atoms with E-state index in [2.05, 4.69) is 33.6 Å². The van der Waals surface area contributed by atoms with Gasteiger partial charge < -0.3 is 10.6 Å². The Morgan fingerprint density at radius 1 is 1.04 bits per heavy atom. The number of amides is 1. The molecule has 2 N–H and O–H groups in total. The molecule has 1 amide bonds. The fourth-order valence-corrected chi connectivity index (χ4v) is 2.66. The van der Waals surface area contributed by atoms with Gasteiger partial charge in [0.05, 0.1) is 12.4 Å². The number of rotatable bonds is 7. The van der Waals surface area contributed by atoms with Gasteiger partial charge >= 0.3 is 0 Å². The van der Waals surface area contributed by atoms with E-state index in [1.54, 1.807) is 18.3 Å². The molecule has 0 saturated carbocycles. The van der Waals surface area contributed by atoms with Crippen molar-refractivity contribution in [1.82, 2.24) is 15.3 Å². The number of anilines is 2. The van der Waals surface area contributed by atoms with Gasteiger partial charge in [0.25, 0.3) is 5.91 Å². The lowest BCUT2D eigenvalue weighted by Gasteiger charge is -2.10. The second kappa shape index (κ2) is 8.89. The summed E-state index contributed by atoms with van der Waals surface area (Å²) in [5, 5.41) is 6.02. The first-order valence-electron chi connectivity index (χ1n) is 8.85. The third kappa shape index (κ3) is 5.10. The number of aryl methyl sites for hydroxylation is 1. The third-order valence-corrected chi connectivity index (χ3v) is 4.16. The Labute approximate surface area is 157 Å². The Bertz CT molecular complexity index is 895. The SMILES string of the molecule is CCc1ccccc1Nc1cnc(C(=O)NCCc2ccc(F)cc2)cn1. The molecule has 138 valence electrons. The molecular weight excluding hydrogens is 343 g/mol. The number of hydrogen-bond acceptors (Lipinski definition) is 4. The average molecular weight is 364 g/mol. The zero-order valence-corrected chi connectivity index (χ0v) is 15.1. The van der Waals surface area contributed by atoms with Crippen LogP contribution in [-0.2, 0) is 12.8 Å². The van der Waals surface area contributed by atoms with E-state index in [1.165, 1.54) is 23.9 Å². The van der Waals surface area contributed by atoms with Crippen molar-refractivity contribution >= 4 is 17.4 Å². The fraction of sp³-hybridized carbons (Fsp3) is 0.190. The maximum Gasteiger partial charge on any atom is 0.271 e. The average Bonchev–Trinajstić information content (AvgIpc) is 2.70. The molecule has 1 aromatic heterocycles. The Morgan fingerprint density at radius 3 is 2.52 bits per heavy atom. The van der Waals surface area contributed by atoms with Crippen LogP contribution in [0.2, 0.25) is 0 Å². The summed E-state index contributed by atoms with van der Waals surface area (Å²) in [6, 6.07) is 14.2. The highest BCUT2D eigenvalue weighted by Gasteiger charge is 2.08. The summed E-state index contributed by atoms with van der Waals surface area (Å²) < 4.78 is 12.9. The maximum atomic E-state index is 12.9. The van der Waals surface area contributed by atoms with Crippen molar-refractivity contribution < 1.29 is 9.18 Å². The molecule has 0 bridgehead atoms. The van der Waals surface area contributed by atoms with Gasteiger partial charge in [0, 0.05) is 12.2 Å². The molecule has 0 aliphatic carbocycles. The molecule has 2 aromatic carbocycles. The molecule has 1 heterocycles. The van der Waals surface area contributed by atoms with Crippen LogP contribution in [-0.4, -0.2) is 22.4 Å². The van der Waals surface area contributed by atoms with Gasteiger partial charge in [-0.05, 0) is 42.2 Å². The van der Waals surface area contributed by atoms with Crippen LogP contribution in [0.3, 0.4) is 0 Å². The minimum absolute atomic E-state index is 0.253. The van der Waals surface area contributed by atoms with Gasteiger partial charge in [-0.15, -0.1) is 0 Å². The summed E-state index contributed by atoms with van der Waals surface area (Å²) in [4.78, 5) is 20.6. The van der Waals surface area contributed by atoms with Gasteiger partial charge in [0.15, 0.2) is 0 Å². The largest absolute Gasteiger partial charge is 0.350 e. The molecule has 0 aliphatic rings. The zero-order chi connectivity index (χ0) is 19.1. The first-order chi connectivity index (χ1) is 13.2. The molecule has 5 nitrogen and oxygen atoms in total. The van der Waals surface area contributed by atoms with Crippen molar-refractivity contribution in [1.29, 1.82) is 0 Å². The van der Waals surface area contributed by atoms with Crippen LogP contribution in [0.1, 0.15) is 28.5 Å². The van der Waals surface area contributed by atoms with Crippen LogP contribution >= 0.6 is 0 Å². The molecule has 0 atom stereocenters. The van der Waals surface area contributed by atoms with Crippen LogP contribution < -0.4 is 10.6 Å². The van der Waals surface area contributed by atoms with E-state index in [0.717, 1.165) is 17.7 Å². The van der Waals surface area contributed by atoms with E-state index >= 15 is 0 Å². The second-order valence-electron chi connectivity index (χ2n) is 6.05. The monoisotopic (exact) mass is 364 g/mol. The van der Waals surface area contributed by atoms with Crippen LogP contribution in [0.4, 0.5) is 15.9 Å². The van der Waals surface area contributed by atoms with Crippen molar-refractivity contribution in [2.45, 2.75) is 19.8 Å². The Kier molecular flexibility index (Phi) is 6.10. The van der Waals surface area contributed by atoms with Crippen molar-refractivity contribution in [2.24, 2.45) is 0 Å². The van der Waals surface area contributed by atoms with E-state index in [0.29, 0.717) is 18.8 Å². The number of nitrogens with zero attached hydrogens (tertiary/aromatic N) is 2. The lowest BCUT2D eigenvalue weighted by Crippen LogP contribution is -2.26. The number of carbonyl (C=O) groups is 1. The van der Waals surface area contributed by atoms with Crippen molar-refractivity contribution in [2.75, 3.05) is 11.9 Å². The Morgan fingerprint density at radius 2 is 1.81 bits per heavy atom. The van der Waals surface area contributed by atoms with Crippen LogP contribution in [0.25, 0.3) is 0 Å². The number of carbonyl (C=O) groups excluding carboxylic acids is 1. The fourth-order valence-electron chi connectivity index (χ4n) is 2.66. The van der Waals surface area contributed by atoms with E-state index in [9.17, 15) is 9.18 Å².